The summed E-state index contributed by atoms with van der Waals surface area (Å²) in [5.41, 5.74) is 4.09. The Bertz CT molecular complexity index is 1180. The van der Waals surface area contributed by atoms with E-state index in [9.17, 15) is 34.2 Å². The lowest BCUT2D eigenvalue weighted by atomic mass is 9.52. The number of nitrogens with zero attached hydrogens (tertiary/aromatic N) is 2. The molecule has 35 heavy (non-hydrogen) atoms. The van der Waals surface area contributed by atoms with Crippen LogP contribution in [0.4, 0.5) is 11.4 Å². The number of aliphatic hydroxyl groups is 1. The molecule has 2 saturated carbocycles. The Labute approximate surface area is 202 Å². The number of anilines is 2. The maximum Gasteiger partial charge on any atom is 0.235 e. The third kappa shape index (κ3) is 3.21. The number of ketones is 4. The zero-order valence-electron chi connectivity index (χ0n) is 20.3. The summed E-state index contributed by atoms with van der Waals surface area (Å²) in [4.78, 5) is 69.2. The van der Waals surface area contributed by atoms with Crippen molar-refractivity contribution in [1.29, 1.82) is 0 Å². The number of amides is 1. The van der Waals surface area contributed by atoms with E-state index >= 15 is 0 Å². The van der Waals surface area contributed by atoms with Crippen molar-refractivity contribution in [2.24, 2.45) is 29.4 Å². The molecule has 2 unspecified atom stereocenters. The third-order valence-corrected chi connectivity index (χ3v) is 7.79. The van der Waals surface area contributed by atoms with Crippen molar-refractivity contribution in [3.8, 4) is 5.75 Å². The molecule has 0 heterocycles. The first-order valence-electron chi connectivity index (χ1n) is 11.4. The van der Waals surface area contributed by atoms with Crippen LogP contribution < -0.4 is 16.0 Å². The summed E-state index contributed by atoms with van der Waals surface area (Å²) in [5, 5.41) is 25.3. The molecule has 6 atom stereocenters. The van der Waals surface area contributed by atoms with E-state index in [4.69, 9.17) is 5.73 Å². The third-order valence-electron chi connectivity index (χ3n) is 7.79. The van der Waals surface area contributed by atoms with Gasteiger partial charge in [0.25, 0.3) is 0 Å². The Hall–Kier alpha value is -3.31. The minimum absolute atomic E-state index is 0.0192. The second-order valence-corrected chi connectivity index (χ2v) is 10.1. The molecule has 188 valence electrons. The van der Waals surface area contributed by atoms with Crippen molar-refractivity contribution in [2.45, 2.75) is 24.5 Å². The van der Waals surface area contributed by atoms with Gasteiger partial charge in [-0.2, -0.15) is 0 Å². The SMILES string of the molecule is CNc1cc(N(C)C)c2c(c1O)C(=O)C1C(=O)[C@]3(O)C(=O)C(C(N)=O)C(=O)[C@@H](N(C)C)[C@@H]3C[C@@H]1C2. The summed E-state index contributed by atoms with van der Waals surface area (Å²) in [5.74, 6) is -10.5. The molecule has 0 aliphatic heterocycles. The summed E-state index contributed by atoms with van der Waals surface area (Å²) >= 11 is 0. The lowest BCUT2D eigenvalue weighted by Gasteiger charge is -2.52. The van der Waals surface area contributed by atoms with Gasteiger partial charge in [0.2, 0.25) is 5.91 Å². The van der Waals surface area contributed by atoms with E-state index in [1.54, 1.807) is 46.2 Å². The molecule has 5 N–H and O–H groups in total. The number of phenolic OH excluding ortho intramolecular Hbond substituents is 1. The highest BCUT2D eigenvalue weighted by atomic mass is 16.3. The number of nitrogens with one attached hydrogen (secondary N) is 1. The fourth-order valence-corrected chi connectivity index (χ4v) is 6.24. The number of hydrogen-bond donors (Lipinski definition) is 4. The Morgan fingerprint density at radius 1 is 1.14 bits per heavy atom. The van der Waals surface area contributed by atoms with E-state index in [2.05, 4.69) is 5.32 Å². The molecule has 0 saturated heterocycles. The van der Waals surface area contributed by atoms with Crippen molar-refractivity contribution < 1.29 is 34.2 Å². The molecule has 0 aromatic heterocycles. The quantitative estimate of drug-likeness (QED) is 0.305. The molecular weight excluding hydrogens is 456 g/mol. The fourth-order valence-electron chi connectivity index (χ4n) is 6.24. The van der Waals surface area contributed by atoms with Gasteiger partial charge in [-0.05, 0) is 44.5 Å². The van der Waals surface area contributed by atoms with Gasteiger partial charge in [-0.1, -0.05) is 0 Å². The predicted octanol–water partition coefficient (Wildman–Crippen LogP) is -1.03. The number of benzene rings is 1. The van der Waals surface area contributed by atoms with Crippen LogP contribution in [0.1, 0.15) is 22.3 Å². The molecule has 1 aromatic carbocycles. The highest BCUT2D eigenvalue weighted by Crippen LogP contribution is 2.52. The Kier molecular flexibility index (Phi) is 5.76. The molecule has 3 aliphatic rings. The van der Waals surface area contributed by atoms with Crippen molar-refractivity contribution in [2.75, 3.05) is 45.5 Å². The molecule has 11 heteroatoms. The molecule has 4 rings (SSSR count). The topological polar surface area (TPSA) is 170 Å². The van der Waals surface area contributed by atoms with Gasteiger partial charge in [-0.3, -0.25) is 28.9 Å². The number of hydrogen-bond acceptors (Lipinski definition) is 10. The van der Waals surface area contributed by atoms with Gasteiger partial charge in [-0.15, -0.1) is 0 Å². The van der Waals surface area contributed by atoms with Crippen molar-refractivity contribution >= 4 is 40.4 Å². The zero-order valence-corrected chi connectivity index (χ0v) is 20.3. The number of carbonyl (C=O) groups excluding carboxylic acids is 5. The van der Waals surface area contributed by atoms with Crippen molar-refractivity contribution in [3.05, 3.63) is 17.2 Å². The van der Waals surface area contributed by atoms with E-state index in [0.717, 1.165) is 0 Å². The molecular formula is C24H30N4O7. The summed E-state index contributed by atoms with van der Waals surface area (Å²) in [7, 11) is 8.27. The van der Waals surface area contributed by atoms with Gasteiger partial charge in [0.1, 0.15) is 5.75 Å². The molecule has 0 radical (unpaired) electrons. The second-order valence-electron chi connectivity index (χ2n) is 10.1. The molecule has 3 aliphatic carbocycles. The maximum absolute atomic E-state index is 13.8. The van der Waals surface area contributed by atoms with Crippen LogP contribution in [0.25, 0.3) is 0 Å². The average molecular weight is 487 g/mol. The first-order valence-corrected chi connectivity index (χ1v) is 11.4. The minimum Gasteiger partial charge on any atom is -0.505 e. The standard InChI is InChI=1S/C24H30N4O7/c1-26-12-8-13(27(2)3)10-6-9-7-11-17(28(4)5)20(31)16(23(25)34)22(33)24(11,35)21(32)14(9)19(30)15(10)18(12)29/h8-9,11,14,16-17,26,29,35H,6-7H2,1-5H3,(H2,25,34)/t9-,11-,14?,16?,17-,24-/m0/s1. The van der Waals surface area contributed by atoms with Crippen LogP contribution in [0.5, 0.6) is 5.75 Å². The molecule has 11 nitrogen and oxygen atoms in total. The molecule has 0 bridgehead atoms. The average Bonchev–Trinajstić information content (AvgIpc) is 2.75. The summed E-state index contributed by atoms with van der Waals surface area (Å²) < 4.78 is 0. The fraction of sp³-hybridized carbons (Fsp3) is 0.542. The van der Waals surface area contributed by atoms with E-state index in [1.165, 1.54) is 4.90 Å². The highest BCUT2D eigenvalue weighted by Gasteiger charge is 2.69. The van der Waals surface area contributed by atoms with E-state index < -0.39 is 64.4 Å². The van der Waals surface area contributed by atoms with Crippen molar-refractivity contribution in [1.82, 2.24) is 4.90 Å². The number of phenols is 1. The van der Waals surface area contributed by atoms with Crippen LogP contribution in [-0.4, -0.2) is 91.0 Å². The first-order chi connectivity index (χ1) is 16.3. The van der Waals surface area contributed by atoms with Crippen LogP contribution in [-0.2, 0) is 25.6 Å². The summed E-state index contributed by atoms with van der Waals surface area (Å²) in [6.45, 7) is 0. The van der Waals surface area contributed by atoms with E-state index in [0.29, 0.717) is 16.9 Å². The Morgan fingerprint density at radius 2 is 1.77 bits per heavy atom. The van der Waals surface area contributed by atoms with Crippen LogP contribution in [0.3, 0.4) is 0 Å². The smallest absolute Gasteiger partial charge is 0.235 e. The number of fused-ring (bicyclic) bond motifs is 3. The van der Waals surface area contributed by atoms with Crippen molar-refractivity contribution in [3.63, 3.8) is 0 Å². The molecule has 1 amide bonds. The normalized spacial score (nSPS) is 32.1. The molecule has 1 aromatic rings. The largest absolute Gasteiger partial charge is 0.505 e. The van der Waals surface area contributed by atoms with Crippen LogP contribution in [0, 0.1) is 23.7 Å². The minimum atomic E-state index is -2.72. The number of likely N-dealkylation sites (N-methyl/N-ethyl adjacent to an activating group) is 1. The van der Waals surface area contributed by atoms with Gasteiger partial charge >= 0.3 is 0 Å². The lowest BCUT2D eigenvalue weighted by molar-refractivity contribution is -0.181. The number of Topliss-reactive ketones (excluding diaryl/α,β-unsaturated/α-hetero) is 4. The van der Waals surface area contributed by atoms with Gasteiger partial charge < -0.3 is 26.2 Å². The van der Waals surface area contributed by atoms with E-state index in [-0.39, 0.29) is 24.2 Å². The Balaban J connectivity index is 1.91. The zero-order chi connectivity index (χ0) is 26.1. The number of aromatic hydroxyl groups is 1. The monoisotopic (exact) mass is 486 g/mol. The highest BCUT2D eigenvalue weighted by molar-refractivity contribution is 6.32. The van der Waals surface area contributed by atoms with Gasteiger partial charge in [-0.25, -0.2) is 0 Å². The summed E-state index contributed by atoms with van der Waals surface area (Å²) in [6, 6.07) is 0.584. The van der Waals surface area contributed by atoms with Crippen LogP contribution in [0.15, 0.2) is 6.07 Å². The van der Waals surface area contributed by atoms with Gasteiger partial charge in [0.15, 0.2) is 34.7 Å². The first kappa shape index (κ1) is 24.8. The number of carbonyl (C=O) groups is 5. The van der Waals surface area contributed by atoms with Gasteiger partial charge in [0, 0.05) is 32.7 Å². The second kappa shape index (κ2) is 8.13. The Morgan fingerprint density at radius 3 is 2.29 bits per heavy atom. The molecule has 0 spiro atoms. The predicted molar refractivity (Wildman–Crippen MR) is 125 cm³/mol. The molecule has 2 fully saturated rings. The number of primary amides is 1. The summed E-state index contributed by atoms with van der Waals surface area (Å²) in [6.07, 6.45) is 0.238. The number of rotatable bonds is 4. The van der Waals surface area contributed by atoms with E-state index in [1.807, 2.05) is 0 Å². The lowest BCUT2D eigenvalue weighted by Crippen LogP contribution is -2.74. The van der Waals surface area contributed by atoms with Crippen LogP contribution >= 0.6 is 0 Å². The van der Waals surface area contributed by atoms with Crippen LogP contribution in [0.2, 0.25) is 0 Å². The van der Waals surface area contributed by atoms with Gasteiger partial charge in [0.05, 0.1) is 23.2 Å². The number of nitrogens with two attached hydrogens (primary N) is 1. The maximum atomic E-state index is 13.8.